The number of carbonyl (C=O) groups excluding carboxylic acids is 1. The van der Waals surface area contributed by atoms with Crippen LogP contribution >= 0.6 is 0 Å². The zero-order chi connectivity index (χ0) is 11.4. The maximum absolute atomic E-state index is 13.2. The molecule has 1 rings (SSSR count). The van der Waals surface area contributed by atoms with E-state index in [1.165, 1.54) is 0 Å². The second kappa shape index (κ2) is 5.45. The van der Waals surface area contributed by atoms with Gasteiger partial charge in [0.05, 0.1) is 6.04 Å². The first kappa shape index (κ1) is 12.4. The van der Waals surface area contributed by atoms with E-state index in [0.717, 1.165) is 19.4 Å². The number of halogens is 1. The largest absolute Gasteiger partial charge is 0.368 e. The molecular weight excluding hydrogens is 195 g/mol. The molecule has 0 spiro atoms. The van der Waals surface area contributed by atoms with Crippen molar-refractivity contribution in [2.45, 2.75) is 45.3 Å². The fraction of sp³-hybridized carbons (Fsp3) is 0.909. The molecule has 1 fully saturated rings. The van der Waals surface area contributed by atoms with Gasteiger partial charge in [-0.3, -0.25) is 9.69 Å². The van der Waals surface area contributed by atoms with Gasteiger partial charge in [-0.05, 0) is 5.92 Å². The minimum absolute atomic E-state index is 0.273. The van der Waals surface area contributed by atoms with E-state index in [2.05, 4.69) is 13.8 Å². The highest BCUT2D eigenvalue weighted by atomic mass is 19.1. The molecule has 0 bridgehead atoms. The van der Waals surface area contributed by atoms with E-state index in [0.29, 0.717) is 12.5 Å². The fourth-order valence-corrected chi connectivity index (χ4v) is 2.22. The van der Waals surface area contributed by atoms with Crippen molar-refractivity contribution in [2.75, 3.05) is 13.1 Å². The molecule has 0 aliphatic carbocycles. The lowest BCUT2D eigenvalue weighted by atomic mass is 10.0. The van der Waals surface area contributed by atoms with Gasteiger partial charge in [-0.2, -0.15) is 0 Å². The monoisotopic (exact) mass is 216 g/mol. The number of amides is 1. The number of rotatable bonds is 5. The van der Waals surface area contributed by atoms with Crippen LogP contribution < -0.4 is 5.73 Å². The van der Waals surface area contributed by atoms with Crippen molar-refractivity contribution in [3.63, 3.8) is 0 Å². The number of likely N-dealkylation sites (tertiary alicyclic amines) is 1. The van der Waals surface area contributed by atoms with Crippen molar-refractivity contribution in [1.29, 1.82) is 0 Å². The predicted molar refractivity (Wildman–Crippen MR) is 58.1 cm³/mol. The second-order valence-electron chi connectivity index (χ2n) is 4.39. The van der Waals surface area contributed by atoms with E-state index in [1.54, 1.807) is 0 Å². The summed E-state index contributed by atoms with van der Waals surface area (Å²) in [4.78, 5) is 13.0. The number of alkyl halides is 1. The van der Waals surface area contributed by atoms with Gasteiger partial charge in [0.15, 0.2) is 0 Å². The summed E-state index contributed by atoms with van der Waals surface area (Å²) >= 11 is 0. The Morgan fingerprint density at radius 2 is 2.13 bits per heavy atom. The minimum atomic E-state index is -0.892. The molecule has 88 valence electrons. The van der Waals surface area contributed by atoms with Gasteiger partial charge in [-0.25, -0.2) is 4.39 Å². The predicted octanol–water partition coefficient (Wildman–Crippen LogP) is 1.32. The molecule has 4 heteroatoms. The molecule has 1 aliphatic rings. The lowest BCUT2D eigenvalue weighted by Gasteiger charge is -2.25. The van der Waals surface area contributed by atoms with E-state index in [1.807, 2.05) is 4.90 Å². The zero-order valence-electron chi connectivity index (χ0n) is 9.58. The standard InChI is InChI=1S/C11H21FN2O/c1-3-8(4-2)6-14-7-9(12)5-10(14)11(13)15/h8-10H,3-7H2,1-2H3,(H2,13,15)/t9-,10+/m1/s1. The van der Waals surface area contributed by atoms with Crippen molar-refractivity contribution in [1.82, 2.24) is 4.90 Å². The summed E-state index contributed by atoms with van der Waals surface area (Å²) in [7, 11) is 0. The highest BCUT2D eigenvalue weighted by Crippen LogP contribution is 2.23. The highest BCUT2D eigenvalue weighted by Gasteiger charge is 2.36. The van der Waals surface area contributed by atoms with Crippen LogP contribution in [0.15, 0.2) is 0 Å². The first-order valence-electron chi connectivity index (χ1n) is 5.75. The van der Waals surface area contributed by atoms with Gasteiger partial charge in [-0.15, -0.1) is 0 Å². The van der Waals surface area contributed by atoms with Crippen LogP contribution in [0.25, 0.3) is 0 Å². The average Bonchev–Trinajstić information content (AvgIpc) is 2.56. The lowest BCUT2D eigenvalue weighted by Crippen LogP contribution is -2.42. The third-order valence-corrected chi connectivity index (χ3v) is 3.33. The Balaban J connectivity index is 2.55. The molecule has 15 heavy (non-hydrogen) atoms. The van der Waals surface area contributed by atoms with Crippen LogP contribution in [0.1, 0.15) is 33.1 Å². The van der Waals surface area contributed by atoms with Gasteiger partial charge >= 0.3 is 0 Å². The summed E-state index contributed by atoms with van der Waals surface area (Å²) in [5, 5.41) is 0. The van der Waals surface area contributed by atoms with Crippen LogP contribution in [-0.2, 0) is 4.79 Å². The Labute approximate surface area is 90.8 Å². The molecule has 0 aromatic carbocycles. The minimum Gasteiger partial charge on any atom is -0.368 e. The molecule has 2 atom stereocenters. The van der Waals surface area contributed by atoms with Crippen LogP contribution in [0, 0.1) is 5.92 Å². The summed E-state index contributed by atoms with van der Waals surface area (Å²) in [5.41, 5.74) is 5.26. The highest BCUT2D eigenvalue weighted by molar-refractivity contribution is 5.80. The number of carbonyl (C=O) groups is 1. The van der Waals surface area contributed by atoms with Crippen LogP contribution in [-0.4, -0.2) is 36.1 Å². The molecule has 0 aromatic rings. The first-order chi connectivity index (χ1) is 7.08. The Morgan fingerprint density at radius 1 is 1.53 bits per heavy atom. The normalized spacial score (nSPS) is 27.5. The summed E-state index contributed by atoms with van der Waals surface area (Å²) in [6, 6.07) is -0.388. The van der Waals surface area contributed by atoms with E-state index in [4.69, 9.17) is 5.73 Å². The third-order valence-electron chi connectivity index (χ3n) is 3.33. The summed E-state index contributed by atoms with van der Waals surface area (Å²) < 4.78 is 13.2. The smallest absolute Gasteiger partial charge is 0.234 e. The Kier molecular flexibility index (Phi) is 4.51. The number of nitrogens with two attached hydrogens (primary N) is 1. The van der Waals surface area contributed by atoms with Crippen molar-refractivity contribution < 1.29 is 9.18 Å². The number of primary amides is 1. The lowest BCUT2D eigenvalue weighted by molar-refractivity contribution is -0.122. The molecule has 0 saturated carbocycles. The second-order valence-corrected chi connectivity index (χ2v) is 4.39. The van der Waals surface area contributed by atoms with Crippen LogP contribution in [0.2, 0.25) is 0 Å². The van der Waals surface area contributed by atoms with Crippen LogP contribution in [0.3, 0.4) is 0 Å². The number of hydrogen-bond acceptors (Lipinski definition) is 2. The Morgan fingerprint density at radius 3 is 2.60 bits per heavy atom. The molecule has 1 aliphatic heterocycles. The maximum Gasteiger partial charge on any atom is 0.234 e. The van der Waals surface area contributed by atoms with Gasteiger partial charge < -0.3 is 5.73 Å². The van der Waals surface area contributed by atoms with Gasteiger partial charge in [0.25, 0.3) is 0 Å². The SMILES string of the molecule is CCC(CC)CN1C[C@H](F)C[C@H]1C(N)=O. The van der Waals surface area contributed by atoms with E-state index in [9.17, 15) is 9.18 Å². The molecule has 1 saturated heterocycles. The molecule has 2 N–H and O–H groups in total. The van der Waals surface area contributed by atoms with Gasteiger partial charge in [-0.1, -0.05) is 26.7 Å². The van der Waals surface area contributed by atoms with Gasteiger partial charge in [0.2, 0.25) is 5.91 Å². The molecule has 3 nitrogen and oxygen atoms in total. The number of hydrogen-bond donors (Lipinski definition) is 1. The molecule has 1 amide bonds. The molecule has 0 radical (unpaired) electrons. The molecule has 0 aromatic heterocycles. The number of nitrogens with zero attached hydrogens (tertiary/aromatic N) is 1. The van der Waals surface area contributed by atoms with Crippen molar-refractivity contribution in [3.05, 3.63) is 0 Å². The third kappa shape index (κ3) is 3.16. The van der Waals surface area contributed by atoms with Gasteiger partial charge in [0, 0.05) is 19.5 Å². The Bertz CT molecular complexity index is 219. The van der Waals surface area contributed by atoms with Crippen molar-refractivity contribution >= 4 is 5.91 Å². The fourth-order valence-electron chi connectivity index (χ4n) is 2.22. The van der Waals surface area contributed by atoms with Crippen LogP contribution in [0.5, 0.6) is 0 Å². The quantitative estimate of drug-likeness (QED) is 0.753. The van der Waals surface area contributed by atoms with Crippen molar-refractivity contribution in [3.8, 4) is 0 Å². The molecule has 1 heterocycles. The Hall–Kier alpha value is -0.640. The first-order valence-corrected chi connectivity index (χ1v) is 5.75. The van der Waals surface area contributed by atoms with Crippen LogP contribution in [0.4, 0.5) is 4.39 Å². The van der Waals surface area contributed by atoms with E-state index >= 15 is 0 Å². The van der Waals surface area contributed by atoms with Crippen molar-refractivity contribution in [2.24, 2.45) is 11.7 Å². The zero-order valence-corrected chi connectivity index (χ0v) is 9.58. The average molecular weight is 216 g/mol. The maximum atomic E-state index is 13.2. The van der Waals surface area contributed by atoms with Gasteiger partial charge in [0.1, 0.15) is 6.17 Å². The van der Waals surface area contributed by atoms with E-state index < -0.39 is 6.17 Å². The molecule has 0 unspecified atom stereocenters. The summed E-state index contributed by atoms with van der Waals surface area (Å²) in [5.74, 6) is 0.151. The van der Waals surface area contributed by atoms with E-state index in [-0.39, 0.29) is 18.4 Å². The summed E-state index contributed by atoms with van der Waals surface area (Å²) in [6.45, 7) is 5.40. The topological polar surface area (TPSA) is 46.3 Å². The summed E-state index contributed by atoms with van der Waals surface area (Å²) in [6.07, 6.45) is 1.51. The molecular formula is C11H21FN2O.